The zero-order chi connectivity index (χ0) is 77.0. The molecule has 111 heavy (non-hydrogen) atoms. The van der Waals surface area contributed by atoms with Crippen LogP contribution in [0.4, 0.5) is 34.1 Å². The monoisotopic (exact) mass is 1440 g/mol. The van der Waals surface area contributed by atoms with Crippen LogP contribution in [0.2, 0.25) is 0 Å². The summed E-state index contributed by atoms with van der Waals surface area (Å²) in [6.07, 6.45) is 4.69. The molecule has 0 saturated heterocycles. The first-order valence-electron chi connectivity index (χ1n) is 40.7. The number of para-hydroxylation sites is 1. The van der Waals surface area contributed by atoms with Crippen LogP contribution in [0.15, 0.2) is 267 Å². The van der Waals surface area contributed by atoms with Crippen molar-refractivity contribution in [3.8, 4) is 55.9 Å². The number of rotatable bonds is 8. The van der Waals surface area contributed by atoms with E-state index in [1.54, 1.807) is 0 Å². The lowest BCUT2D eigenvalue weighted by molar-refractivity contribution is 0.332. The second kappa shape index (κ2) is 24.8. The average Bonchev–Trinajstić information content (AvgIpc) is 1.41. The summed E-state index contributed by atoms with van der Waals surface area (Å²) in [5.41, 5.74) is 37.4. The van der Waals surface area contributed by atoms with Crippen molar-refractivity contribution in [1.29, 1.82) is 0 Å². The van der Waals surface area contributed by atoms with E-state index < -0.39 is 0 Å². The standard InChI is InChI=1S/C106H103BN4/c1-100(2,3)74-27-23-26-69(56-74)73-36-47-89-95(60-73)108(77-40-30-67(31-41-77)71-34-45-85-87(58-71)105(14,15)54-52-103(85,10)11)97-64-80(111-93-50-38-75(101(4,5)6)61-83(93)84-62-76(102(7,8)9)39-51-94(84)111)65-98-99(97)107(89)90-48-44-79(110-91-29-22-21-28-81(91)82-57-70(37-49-92(82)110)66-24-19-18-20-25-66)63-96(90)109(98)78-42-32-68(33-43-78)72-35-46-86-88(59-72)106(16,17)55-53-104(86,12)13/h18-51,56-65H,52-55H2,1-17H3. The number of fused-ring (bicyclic) bond motifs is 12. The van der Waals surface area contributed by atoms with Gasteiger partial charge in [-0.15, -0.1) is 0 Å². The van der Waals surface area contributed by atoms with Gasteiger partial charge in [-0.05, 0) is 260 Å². The molecule has 550 valence electrons. The minimum absolute atomic E-state index is 0.0416. The Labute approximate surface area is 658 Å². The highest BCUT2D eigenvalue weighted by molar-refractivity contribution is 7.00. The minimum atomic E-state index is -0.177. The molecule has 4 aliphatic rings. The Bertz CT molecular complexity index is 6250. The first-order chi connectivity index (χ1) is 52.9. The summed E-state index contributed by atoms with van der Waals surface area (Å²) < 4.78 is 5.13. The minimum Gasteiger partial charge on any atom is -0.311 e. The predicted molar refractivity (Wildman–Crippen MR) is 478 cm³/mol. The van der Waals surface area contributed by atoms with Crippen molar-refractivity contribution < 1.29 is 0 Å². The van der Waals surface area contributed by atoms with Crippen LogP contribution in [-0.2, 0) is 37.9 Å². The van der Waals surface area contributed by atoms with E-state index in [0.717, 1.165) is 46.2 Å². The lowest BCUT2D eigenvalue weighted by Crippen LogP contribution is -2.61. The third-order valence-corrected chi connectivity index (χ3v) is 26.5. The second-order valence-corrected chi connectivity index (χ2v) is 38.7. The number of hydrogen-bond acceptors (Lipinski definition) is 2. The third-order valence-electron chi connectivity index (χ3n) is 26.5. The van der Waals surface area contributed by atoms with E-state index in [4.69, 9.17) is 0 Å². The van der Waals surface area contributed by atoms with Gasteiger partial charge in [0.25, 0.3) is 6.71 Å². The molecule has 0 fully saturated rings. The highest BCUT2D eigenvalue weighted by atomic mass is 15.2. The Morgan fingerprint density at radius 3 is 1.14 bits per heavy atom. The smallest absolute Gasteiger partial charge is 0.252 e. The maximum Gasteiger partial charge on any atom is 0.252 e. The molecule has 0 unspecified atom stereocenters. The van der Waals surface area contributed by atoms with Gasteiger partial charge >= 0.3 is 0 Å². The van der Waals surface area contributed by atoms with Crippen LogP contribution >= 0.6 is 0 Å². The zero-order valence-corrected chi connectivity index (χ0v) is 68.1. The summed E-state index contributed by atoms with van der Waals surface area (Å²) in [6, 6.07) is 105. The maximum atomic E-state index is 2.65. The van der Waals surface area contributed by atoms with E-state index in [-0.39, 0.29) is 44.6 Å². The number of anilines is 6. The Morgan fingerprint density at radius 1 is 0.252 bits per heavy atom. The van der Waals surface area contributed by atoms with E-state index in [9.17, 15) is 0 Å². The predicted octanol–water partition coefficient (Wildman–Crippen LogP) is 27.2. The molecule has 4 nitrogen and oxygen atoms in total. The Kier molecular flexibility index (Phi) is 15.8. The summed E-state index contributed by atoms with van der Waals surface area (Å²) in [5, 5.41) is 4.99. The molecule has 0 saturated carbocycles. The molecule has 0 bridgehead atoms. The maximum absolute atomic E-state index is 2.65. The van der Waals surface area contributed by atoms with Crippen LogP contribution in [0.3, 0.4) is 0 Å². The normalized spacial score (nSPS) is 16.1. The Morgan fingerprint density at radius 2 is 0.613 bits per heavy atom. The van der Waals surface area contributed by atoms with Crippen molar-refractivity contribution >= 4 is 101 Å². The molecule has 5 heteroatoms. The molecule has 2 aliphatic carbocycles. The molecular formula is C106H103BN4. The van der Waals surface area contributed by atoms with Crippen LogP contribution in [0, 0.1) is 0 Å². The van der Waals surface area contributed by atoms with Crippen molar-refractivity contribution in [3.63, 3.8) is 0 Å². The van der Waals surface area contributed by atoms with E-state index in [2.05, 4.69) is 404 Å². The number of benzene rings is 13. The van der Waals surface area contributed by atoms with Crippen LogP contribution < -0.4 is 26.2 Å². The molecule has 0 amide bonds. The molecule has 0 spiro atoms. The first kappa shape index (κ1) is 70.5. The van der Waals surface area contributed by atoms with Crippen molar-refractivity contribution in [2.45, 2.75) is 181 Å². The quantitative estimate of drug-likeness (QED) is 0.141. The Balaban J connectivity index is 0.904. The van der Waals surface area contributed by atoms with E-state index >= 15 is 0 Å². The molecule has 2 aromatic heterocycles. The van der Waals surface area contributed by atoms with Gasteiger partial charge in [0.15, 0.2) is 0 Å². The van der Waals surface area contributed by atoms with Crippen LogP contribution in [0.5, 0.6) is 0 Å². The molecule has 0 radical (unpaired) electrons. The SMILES string of the molecule is CC(C)(C)c1cccc(-c2ccc3c(c2)N(c2ccc(-c4ccc5c(c4)C(C)(C)CCC5(C)C)cc2)c2cc(-n4c5ccc(C(C)(C)C)cc5c5cc(C(C)(C)C)ccc54)cc4c2B3c2ccc(-n3c5ccccc5c5cc(-c6ccccc6)ccc53)cc2N4c2ccc(-c3ccc4c(c3)C(C)(C)CCC4(C)C)cc2)c1. The first-order valence-corrected chi connectivity index (χ1v) is 40.7. The van der Waals surface area contributed by atoms with Gasteiger partial charge in [0.1, 0.15) is 0 Å². The fourth-order valence-electron chi connectivity index (χ4n) is 19.6. The zero-order valence-electron chi connectivity index (χ0n) is 68.1. The van der Waals surface area contributed by atoms with Gasteiger partial charge < -0.3 is 18.9 Å². The van der Waals surface area contributed by atoms with Gasteiger partial charge in [-0.2, -0.15) is 0 Å². The summed E-state index contributed by atoms with van der Waals surface area (Å²) in [7, 11) is 0. The third kappa shape index (κ3) is 11.5. The summed E-state index contributed by atoms with van der Waals surface area (Å²) >= 11 is 0. The number of nitrogens with zero attached hydrogens (tertiary/aromatic N) is 4. The molecule has 4 heterocycles. The lowest BCUT2D eigenvalue weighted by Gasteiger charge is -2.44. The van der Waals surface area contributed by atoms with Crippen molar-refractivity contribution in [3.05, 3.63) is 306 Å². The van der Waals surface area contributed by atoms with Gasteiger partial charge in [0.2, 0.25) is 0 Å². The average molecular weight is 1440 g/mol. The lowest BCUT2D eigenvalue weighted by atomic mass is 9.33. The van der Waals surface area contributed by atoms with Gasteiger partial charge in [0, 0.05) is 61.4 Å². The molecule has 2 aliphatic heterocycles. The van der Waals surface area contributed by atoms with Crippen molar-refractivity contribution in [2.24, 2.45) is 0 Å². The molecule has 13 aromatic carbocycles. The Hall–Kier alpha value is -10.9. The second-order valence-electron chi connectivity index (χ2n) is 38.7. The number of hydrogen-bond donors (Lipinski definition) is 0. The highest BCUT2D eigenvalue weighted by Gasteiger charge is 2.46. The fraction of sp³-hybridized carbons (Fsp3) is 0.264. The van der Waals surface area contributed by atoms with Crippen molar-refractivity contribution in [2.75, 3.05) is 9.80 Å². The van der Waals surface area contributed by atoms with Gasteiger partial charge in [-0.25, -0.2) is 0 Å². The van der Waals surface area contributed by atoms with Crippen LogP contribution in [0.1, 0.15) is 182 Å². The summed E-state index contributed by atoms with van der Waals surface area (Å²) in [5.74, 6) is 0. The van der Waals surface area contributed by atoms with E-state index in [0.29, 0.717) is 0 Å². The topological polar surface area (TPSA) is 16.3 Å². The molecule has 19 rings (SSSR count). The fourth-order valence-corrected chi connectivity index (χ4v) is 19.6. The summed E-state index contributed by atoms with van der Waals surface area (Å²) in [6.45, 7) is 40.4. The number of aromatic nitrogens is 2. The molecule has 0 N–H and O–H groups in total. The summed E-state index contributed by atoms with van der Waals surface area (Å²) in [4.78, 5) is 5.31. The van der Waals surface area contributed by atoms with Gasteiger partial charge in [-0.1, -0.05) is 288 Å². The molecular weight excluding hydrogens is 1340 g/mol. The van der Waals surface area contributed by atoms with E-state index in [1.165, 1.54) is 168 Å². The van der Waals surface area contributed by atoms with Gasteiger partial charge in [0.05, 0.1) is 27.8 Å². The molecule has 15 aromatic rings. The molecule has 0 atom stereocenters. The van der Waals surface area contributed by atoms with Gasteiger partial charge in [-0.3, -0.25) is 0 Å². The van der Waals surface area contributed by atoms with Crippen LogP contribution in [0.25, 0.3) is 99.5 Å². The largest absolute Gasteiger partial charge is 0.311 e. The highest BCUT2D eigenvalue weighted by Crippen LogP contribution is 2.53. The van der Waals surface area contributed by atoms with E-state index in [1.807, 2.05) is 0 Å². The van der Waals surface area contributed by atoms with Crippen LogP contribution in [-0.4, -0.2) is 15.8 Å². The van der Waals surface area contributed by atoms with Crippen molar-refractivity contribution in [1.82, 2.24) is 9.13 Å².